The van der Waals surface area contributed by atoms with Crippen LogP contribution in [0.5, 0.6) is 11.5 Å². The van der Waals surface area contributed by atoms with Crippen LogP contribution in [0, 0.1) is 10.1 Å². The van der Waals surface area contributed by atoms with Crippen LogP contribution in [-0.4, -0.2) is 29.2 Å². The van der Waals surface area contributed by atoms with E-state index in [-0.39, 0.29) is 12.5 Å². The van der Waals surface area contributed by atoms with Gasteiger partial charge in [0.2, 0.25) is 11.6 Å². The van der Waals surface area contributed by atoms with Crippen molar-refractivity contribution < 1.29 is 14.4 Å². The minimum Gasteiger partial charge on any atom is -0.454 e. The second-order valence-corrected chi connectivity index (χ2v) is 8.39. The van der Waals surface area contributed by atoms with E-state index in [1.54, 1.807) is 16.8 Å². The molecular weight excluding hydrogens is 464 g/mol. The quantitative estimate of drug-likeness (QED) is 0.150. The number of aromatic nitrogens is 1. The van der Waals surface area contributed by atoms with Gasteiger partial charge in [-0.15, -0.1) is 17.9 Å². The Balaban J connectivity index is 1.56. The largest absolute Gasteiger partial charge is 0.454 e. The average Bonchev–Trinajstić information content (AvgIpc) is 3.52. The van der Waals surface area contributed by atoms with Crippen LogP contribution in [0.3, 0.4) is 0 Å². The molecule has 0 saturated carbocycles. The van der Waals surface area contributed by atoms with Crippen LogP contribution in [0.15, 0.2) is 94.9 Å². The summed E-state index contributed by atoms with van der Waals surface area (Å²) in [5, 5.41) is 18.2. The first kappa shape index (κ1) is 22.3. The normalized spacial score (nSPS) is 12.9. The molecule has 0 aliphatic carbocycles. The zero-order valence-corrected chi connectivity index (χ0v) is 19.4. The average molecular weight is 485 g/mol. The standard InChI is InChI=1S/C26H20N4O4S/c1-2-12-27-26-29(28-15-21-13-24-25(34-17-33-24)14-22(21)30(31)32)23(16-35-26)20-10-8-19(9-11-20)18-6-4-3-5-7-18/h2-11,13-16H,1,12,17H2. The fourth-order valence-corrected chi connectivity index (χ4v) is 4.50. The van der Waals surface area contributed by atoms with Gasteiger partial charge in [0.05, 0.1) is 35.0 Å². The van der Waals surface area contributed by atoms with E-state index in [0.29, 0.717) is 28.4 Å². The van der Waals surface area contributed by atoms with E-state index in [1.165, 1.54) is 23.6 Å². The fourth-order valence-electron chi connectivity index (χ4n) is 3.65. The van der Waals surface area contributed by atoms with Crippen LogP contribution in [-0.2, 0) is 0 Å². The minimum atomic E-state index is -0.464. The SMILES string of the molecule is C=CCN=c1scc(-c2ccc(-c3ccccc3)cc2)n1N=Cc1cc2c(cc1[N+](=O)[O-])OCO2. The lowest BCUT2D eigenvalue weighted by Gasteiger charge is -2.06. The van der Waals surface area contributed by atoms with E-state index >= 15 is 0 Å². The predicted octanol–water partition coefficient (Wildman–Crippen LogP) is 5.49. The highest BCUT2D eigenvalue weighted by molar-refractivity contribution is 7.07. The van der Waals surface area contributed by atoms with E-state index in [2.05, 4.69) is 40.9 Å². The highest BCUT2D eigenvalue weighted by Gasteiger charge is 2.22. The van der Waals surface area contributed by atoms with Crippen LogP contribution < -0.4 is 14.3 Å². The summed E-state index contributed by atoms with van der Waals surface area (Å²) in [4.78, 5) is 16.4. The van der Waals surface area contributed by atoms with Crippen molar-refractivity contribution in [2.24, 2.45) is 10.1 Å². The van der Waals surface area contributed by atoms with Crippen molar-refractivity contribution in [2.45, 2.75) is 0 Å². The Kier molecular flexibility index (Phi) is 6.23. The number of nitro benzene ring substituents is 1. The van der Waals surface area contributed by atoms with Gasteiger partial charge >= 0.3 is 0 Å². The highest BCUT2D eigenvalue weighted by atomic mass is 32.1. The van der Waals surface area contributed by atoms with Crippen molar-refractivity contribution in [3.63, 3.8) is 0 Å². The Hall–Kier alpha value is -4.50. The summed E-state index contributed by atoms with van der Waals surface area (Å²) in [7, 11) is 0. The fraction of sp³-hybridized carbons (Fsp3) is 0.0769. The topological polar surface area (TPSA) is 91.2 Å². The number of hydrogen-bond acceptors (Lipinski definition) is 7. The van der Waals surface area contributed by atoms with Gasteiger partial charge in [-0.2, -0.15) is 5.10 Å². The summed E-state index contributed by atoms with van der Waals surface area (Å²) in [6, 6.07) is 21.2. The van der Waals surface area contributed by atoms with Crippen molar-refractivity contribution in [1.82, 2.24) is 4.68 Å². The number of rotatable bonds is 7. The zero-order valence-electron chi connectivity index (χ0n) is 18.5. The van der Waals surface area contributed by atoms with Gasteiger partial charge < -0.3 is 9.47 Å². The number of thiazole rings is 1. The molecule has 1 aliphatic heterocycles. The Bertz CT molecular complexity index is 1490. The van der Waals surface area contributed by atoms with Crippen LogP contribution in [0.25, 0.3) is 22.4 Å². The molecule has 0 spiro atoms. The summed E-state index contributed by atoms with van der Waals surface area (Å²) < 4.78 is 12.3. The lowest BCUT2D eigenvalue weighted by molar-refractivity contribution is -0.385. The number of nitrogens with zero attached hydrogens (tertiary/aromatic N) is 4. The molecule has 0 fully saturated rings. The van der Waals surface area contributed by atoms with Crippen molar-refractivity contribution in [2.75, 3.05) is 13.3 Å². The van der Waals surface area contributed by atoms with Crippen molar-refractivity contribution in [1.29, 1.82) is 0 Å². The van der Waals surface area contributed by atoms with Gasteiger partial charge in [-0.1, -0.05) is 60.7 Å². The van der Waals surface area contributed by atoms with Crippen LogP contribution in [0.2, 0.25) is 0 Å². The lowest BCUT2D eigenvalue weighted by atomic mass is 10.0. The van der Waals surface area contributed by atoms with Gasteiger partial charge in [-0.05, 0) is 17.2 Å². The molecule has 0 N–H and O–H groups in total. The van der Waals surface area contributed by atoms with Gasteiger partial charge in [0.15, 0.2) is 11.5 Å². The Morgan fingerprint density at radius 3 is 2.43 bits per heavy atom. The third kappa shape index (κ3) is 4.62. The van der Waals surface area contributed by atoms with Gasteiger partial charge in [0, 0.05) is 10.9 Å². The maximum absolute atomic E-state index is 11.6. The van der Waals surface area contributed by atoms with Crippen molar-refractivity contribution in [3.05, 3.63) is 105 Å². The van der Waals surface area contributed by atoms with Gasteiger partial charge in [-0.25, -0.2) is 4.68 Å². The Labute approximate surface area is 204 Å². The number of ether oxygens (including phenoxy) is 2. The molecule has 174 valence electrons. The van der Waals surface area contributed by atoms with E-state index in [9.17, 15) is 10.1 Å². The summed E-state index contributed by atoms with van der Waals surface area (Å²) in [5.41, 5.74) is 4.18. The third-order valence-corrected chi connectivity index (χ3v) is 6.21. The van der Waals surface area contributed by atoms with Gasteiger partial charge in [0.1, 0.15) is 0 Å². The zero-order chi connectivity index (χ0) is 24.2. The molecule has 0 bridgehead atoms. The number of hydrogen-bond donors (Lipinski definition) is 0. The number of benzene rings is 3. The number of fused-ring (bicyclic) bond motifs is 1. The summed E-state index contributed by atoms with van der Waals surface area (Å²) in [6.07, 6.45) is 3.15. The Morgan fingerprint density at radius 2 is 1.71 bits per heavy atom. The molecule has 9 heteroatoms. The molecule has 1 aromatic heterocycles. The maximum atomic E-state index is 11.6. The molecule has 8 nitrogen and oxygen atoms in total. The first-order valence-electron chi connectivity index (χ1n) is 10.7. The molecule has 2 heterocycles. The van der Waals surface area contributed by atoms with E-state index in [0.717, 1.165) is 22.4 Å². The highest BCUT2D eigenvalue weighted by Crippen LogP contribution is 2.37. The second kappa shape index (κ2) is 9.78. The second-order valence-electron chi connectivity index (χ2n) is 7.55. The van der Waals surface area contributed by atoms with Crippen molar-refractivity contribution in [3.8, 4) is 33.9 Å². The molecule has 0 saturated heterocycles. The molecular formula is C26H20N4O4S. The van der Waals surface area contributed by atoms with E-state index in [1.807, 2.05) is 35.7 Å². The van der Waals surface area contributed by atoms with Crippen LogP contribution in [0.4, 0.5) is 5.69 Å². The predicted molar refractivity (Wildman–Crippen MR) is 136 cm³/mol. The smallest absolute Gasteiger partial charge is 0.282 e. The number of nitro groups is 1. The summed E-state index contributed by atoms with van der Waals surface area (Å²) >= 11 is 1.43. The molecule has 0 radical (unpaired) electrons. The molecule has 5 rings (SSSR count). The maximum Gasteiger partial charge on any atom is 0.282 e. The molecule has 0 unspecified atom stereocenters. The van der Waals surface area contributed by atoms with Gasteiger partial charge in [0.25, 0.3) is 5.69 Å². The minimum absolute atomic E-state index is 0.0278. The monoisotopic (exact) mass is 484 g/mol. The van der Waals surface area contributed by atoms with E-state index < -0.39 is 4.92 Å². The van der Waals surface area contributed by atoms with Gasteiger partial charge in [-0.3, -0.25) is 15.1 Å². The van der Waals surface area contributed by atoms with Crippen LogP contribution >= 0.6 is 11.3 Å². The lowest BCUT2D eigenvalue weighted by Crippen LogP contribution is -2.12. The van der Waals surface area contributed by atoms with E-state index in [4.69, 9.17) is 9.47 Å². The summed E-state index contributed by atoms with van der Waals surface area (Å²) in [6.45, 7) is 4.18. The molecule has 1 aliphatic rings. The first-order chi connectivity index (χ1) is 17.1. The molecule has 3 aromatic carbocycles. The first-order valence-corrected chi connectivity index (χ1v) is 11.6. The molecule has 35 heavy (non-hydrogen) atoms. The molecule has 0 amide bonds. The summed E-state index contributed by atoms with van der Waals surface area (Å²) in [5.74, 6) is 0.790. The Morgan fingerprint density at radius 1 is 1.03 bits per heavy atom. The third-order valence-electron chi connectivity index (χ3n) is 5.36. The molecule has 4 aromatic rings. The van der Waals surface area contributed by atoms with Crippen molar-refractivity contribution >= 4 is 23.2 Å². The molecule has 0 atom stereocenters. The van der Waals surface area contributed by atoms with Crippen LogP contribution in [0.1, 0.15) is 5.56 Å².